The van der Waals surface area contributed by atoms with E-state index in [2.05, 4.69) is 0 Å². The minimum Gasteiger partial charge on any atom is -0.462 e. The van der Waals surface area contributed by atoms with Gasteiger partial charge in [0.2, 0.25) is 0 Å². The van der Waals surface area contributed by atoms with Crippen LogP contribution in [0.15, 0.2) is 53.4 Å². The molecule has 23 heavy (non-hydrogen) atoms. The van der Waals surface area contributed by atoms with Gasteiger partial charge in [0.05, 0.1) is 6.61 Å². The third-order valence-corrected chi connectivity index (χ3v) is 4.57. The third-order valence-electron chi connectivity index (χ3n) is 3.35. The van der Waals surface area contributed by atoms with Crippen LogP contribution in [0.2, 0.25) is 0 Å². The smallest absolute Gasteiger partial charge is 0.353 e. The molecule has 2 aromatic rings. The third kappa shape index (κ3) is 2.98. The first-order valence-corrected chi connectivity index (χ1v) is 8.45. The van der Waals surface area contributed by atoms with Crippen LogP contribution >= 0.6 is 0 Å². The van der Waals surface area contributed by atoms with Gasteiger partial charge in [-0.1, -0.05) is 36.4 Å². The monoisotopic (exact) mass is 330 g/mol. The fraction of sp³-hybridized carbons (Fsp3) is 0.118. The number of ether oxygens (including phenoxy) is 1. The van der Waals surface area contributed by atoms with E-state index in [1.165, 1.54) is 6.08 Å². The van der Waals surface area contributed by atoms with E-state index >= 15 is 0 Å². The van der Waals surface area contributed by atoms with Crippen molar-refractivity contribution in [1.82, 2.24) is 0 Å². The summed E-state index contributed by atoms with van der Waals surface area (Å²) in [6.07, 6.45) is 1.29. The van der Waals surface area contributed by atoms with Crippen molar-refractivity contribution in [2.24, 2.45) is 0 Å². The maximum atomic E-state index is 12.0. The van der Waals surface area contributed by atoms with Crippen LogP contribution in [0.1, 0.15) is 12.5 Å². The Morgan fingerprint density at radius 2 is 1.83 bits per heavy atom. The lowest BCUT2D eigenvalue weighted by Gasteiger charge is -2.17. The predicted molar refractivity (Wildman–Crippen MR) is 86.0 cm³/mol. The largest absolute Gasteiger partial charge is 0.462 e. The molecule has 1 aliphatic heterocycles. The van der Waals surface area contributed by atoms with Gasteiger partial charge in [-0.25, -0.2) is 4.79 Å². The SMILES string of the molecule is CCOC(=O)C1=Cc2cc(-c3ccccc3)ccc2OS1(=O)=O. The van der Waals surface area contributed by atoms with Crippen molar-refractivity contribution in [3.63, 3.8) is 0 Å². The molecule has 0 aromatic heterocycles. The van der Waals surface area contributed by atoms with E-state index in [1.54, 1.807) is 25.1 Å². The van der Waals surface area contributed by atoms with Crippen LogP contribution in [0, 0.1) is 0 Å². The fourth-order valence-electron chi connectivity index (χ4n) is 2.29. The van der Waals surface area contributed by atoms with Crippen LogP contribution in [0.5, 0.6) is 5.75 Å². The normalized spacial score (nSPS) is 15.1. The summed E-state index contributed by atoms with van der Waals surface area (Å²) in [4.78, 5) is 11.3. The molecule has 0 aliphatic carbocycles. The maximum absolute atomic E-state index is 12.0. The van der Waals surface area contributed by atoms with Crippen LogP contribution in [0.4, 0.5) is 0 Å². The highest BCUT2D eigenvalue weighted by atomic mass is 32.2. The molecule has 0 saturated heterocycles. The first-order chi connectivity index (χ1) is 11.0. The number of hydrogen-bond acceptors (Lipinski definition) is 5. The van der Waals surface area contributed by atoms with E-state index in [4.69, 9.17) is 8.92 Å². The summed E-state index contributed by atoms with van der Waals surface area (Å²) in [5.41, 5.74) is 2.39. The highest BCUT2D eigenvalue weighted by Gasteiger charge is 2.33. The molecule has 118 valence electrons. The Bertz CT molecular complexity index is 882. The number of rotatable bonds is 3. The van der Waals surface area contributed by atoms with Crippen molar-refractivity contribution in [3.8, 4) is 16.9 Å². The lowest BCUT2D eigenvalue weighted by atomic mass is 10.0. The second-order valence-electron chi connectivity index (χ2n) is 4.89. The summed E-state index contributed by atoms with van der Waals surface area (Å²) in [5, 5.41) is 0. The summed E-state index contributed by atoms with van der Waals surface area (Å²) in [6.45, 7) is 1.69. The van der Waals surface area contributed by atoms with Gasteiger partial charge < -0.3 is 8.92 Å². The molecule has 0 bridgehead atoms. The summed E-state index contributed by atoms with van der Waals surface area (Å²) < 4.78 is 33.8. The Morgan fingerprint density at radius 1 is 1.09 bits per heavy atom. The van der Waals surface area contributed by atoms with Crippen molar-refractivity contribution in [3.05, 3.63) is 59.0 Å². The molecule has 0 N–H and O–H groups in total. The first kappa shape index (κ1) is 15.3. The highest BCUT2D eigenvalue weighted by molar-refractivity contribution is 7.92. The summed E-state index contributed by atoms with van der Waals surface area (Å²) >= 11 is 0. The Labute approximate surface area is 134 Å². The molecule has 1 aliphatic rings. The molecule has 0 saturated carbocycles. The topological polar surface area (TPSA) is 69.7 Å². The van der Waals surface area contributed by atoms with Gasteiger partial charge in [0.1, 0.15) is 5.75 Å². The zero-order valence-electron chi connectivity index (χ0n) is 12.4. The second-order valence-corrected chi connectivity index (χ2v) is 6.40. The van der Waals surface area contributed by atoms with Gasteiger partial charge in [-0.15, -0.1) is 0 Å². The van der Waals surface area contributed by atoms with E-state index in [1.807, 2.05) is 30.3 Å². The van der Waals surface area contributed by atoms with E-state index < -0.39 is 21.0 Å². The average molecular weight is 330 g/mol. The fourth-order valence-corrected chi connectivity index (χ4v) is 3.30. The molecule has 0 unspecified atom stereocenters. The molecule has 5 nitrogen and oxygen atoms in total. The minimum atomic E-state index is -4.15. The molecule has 0 atom stereocenters. The summed E-state index contributed by atoms with van der Waals surface area (Å²) in [7, 11) is -4.15. The zero-order chi connectivity index (χ0) is 16.4. The Morgan fingerprint density at radius 3 is 2.52 bits per heavy atom. The highest BCUT2D eigenvalue weighted by Crippen LogP contribution is 2.34. The van der Waals surface area contributed by atoms with E-state index in [0.29, 0.717) is 5.56 Å². The van der Waals surface area contributed by atoms with Crippen molar-refractivity contribution < 1.29 is 22.1 Å². The van der Waals surface area contributed by atoms with Crippen molar-refractivity contribution in [1.29, 1.82) is 0 Å². The zero-order valence-corrected chi connectivity index (χ0v) is 13.2. The van der Waals surface area contributed by atoms with Crippen molar-refractivity contribution >= 4 is 22.2 Å². The van der Waals surface area contributed by atoms with Gasteiger partial charge >= 0.3 is 16.1 Å². The van der Waals surface area contributed by atoms with Gasteiger partial charge in [-0.3, -0.25) is 0 Å². The standard InChI is InChI=1S/C17H14O5S/c1-2-21-17(18)16-11-14-10-13(12-6-4-3-5-7-12)8-9-15(14)22-23(16,19)20/h3-11H,2H2,1H3. The van der Waals surface area contributed by atoms with Crippen LogP contribution in [-0.2, 0) is 19.6 Å². The lowest BCUT2D eigenvalue weighted by molar-refractivity contribution is -0.137. The van der Waals surface area contributed by atoms with Crippen molar-refractivity contribution in [2.75, 3.05) is 6.61 Å². The number of esters is 1. The quantitative estimate of drug-likeness (QED) is 0.639. The number of hydrogen-bond donors (Lipinski definition) is 0. The van der Waals surface area contributed by atoms with Crippen molar-refractivity contribution in [2.45, 2.75) is 6.92 Å². The van der Waals surface area contributed by atoms with Crippen LogP contribution in [0.25, 0.3) is 17.2 Å². The number of fused-ring (bicyclic) bond motifs is 1. The van der Waals surface area contributed by atoms with Gasteiger partial charge in [-0.2, -0.15) is 8.42 Å². The number of benzene rings is 2. The molecule has 1 heterocycles. The Kier molecular flexibility index (Phi) is 3.92. The van der Waals surface area contributed by atoms with E-state index in [-0.39, 0.29) is 12.4 Å². The molecule has 2 aromatic carbocycles. The van der Waals surface area contributed by atoms with Gasteiger partial charge in [0.15, 0.2) is 4.91 Å². The summed E-state index contributed by atoms with van der Waals surface area (Å²) in [5.74, 6) is -0.721. The molecular formula is C17H14O5S. The number of carbonyl (C=O) groups excluding carboxylic acids is 1. The van der Waals surface area contributed by atoms with Crippen LogP contribution < -0.4 is 4.18 Å². The molecule has 0 fully saturated rings. The van der Waals surface area contributed by atoms with E-state index in [0.717, 1.165) is 11.1 Å². The first-order valence-electron chi connectivity index (χ1n) is 7.04. The predicted octanol–water partition coefficient (Wildman–Crippen LogP) is 2.98. The minimum absolute atomic E-state index is 0.0859. The molecule has 3 rings (SSSR count). The molecule has 0 radical (unpaired) electrons. The molecule has 0 spiro atoms. The Balaban J connectivity index is 2.08. The van der Waals surface area contributed by atoms with E-state index in [9.17, 15) is 13.2 Å². The van der Waals surface area contributed by atoms with Gasteiger partial charge in [0, 0.05) is 5.56 Å². The summed E-state index contributed by atoms with van der Waals surface area (Å²) in [6, 6.07) is 14.7. The maximum Gasteiger partial charge on any atom is 0.353 e. The van der Waals surface area contributed by atoms with Gasteiger partial charge in [0.25, 0.3) is 0 Å². The number of carbonyl (C=O) groups is 1. The average Bonchev–Trinajstić information content (AvgIpc) is 2.54. The lowest BCUT2D eigenvalue weighted by Crippen LogP contribution is -2.23. The van der Waals surface area contributed by atoms with Gasteiger partial charge in [-0.05, 0) is 36.3 Å². The Hall–Kier alpha value is -2.60. The second kappa shape index (κ2) is 5.89. The van der Waals surface area contributed by atoms with Crippen LogP contribution in [0.3, 0.4) is 0 Å². The molecule has 6 heteroatoms. The molecular weight excluding hydrogens is 316 g/mol. The molecule has 0 amide bonds. The van der Waals surface area contributed by atoms with Crippen LogP contribution in [-0.4, -0.2) is 21.0 Å².